The lowest BCUT2D eigenvalue weighted by molar-refractivity contribution is 0.415. The Morgan fingerprint density at radius 2 is 1.90 bits per heavy atom. The summed E-state index contributed by atoms with van der Waals surface area (Å²) in [5.41, 5.74) is 9.82. The van der Waals surface area contributed by atoms with Crippen molar-refractivity contribution in [2.24, 2.45) is 0 Å². The first-order valence-electron chi connectivity index (χ1n) is 6.66. The first kappa shape index (κ1) is 13.2. The van der Waals surface area contributed by atoms with E-state index in [0.29, 0.717) is 11.6 Å². The van der Waals surface area contributed by atoms with Gasteiger partial charge >= 0.3 is 0 Å². The highest BCUT2D eigenvalue weighted by Gasteiger charge is 2.19. The van der Waals surface area contributed by atoms with Crippen LogP contribution in [0.15, 0.2) is 53.1 Å². The van der Waals surface area contributed by atoms with E-state index in [2.05, 4.69) is 5.16 Å². The van der Waals surface area contributed by atoms with E-state index in [1.165, 1.54) is 0 Å². The molecule has 3 aromatic rings. The van der Waals surface area contributed by atoms with E-state index in [1.54, 1.807) is 7.11 Å². The molecule has 0 spiro atoms. The Morgan fingerprint density at radius 3 is 2.67 bits per heavy atom. The van der Waals surface area contributed by atoms with Crippen molar-refractivity contribution in [2.45, 2.75) is 6.92 Å². The van der Waals surface area contributed by atoms with E-state index in [1.807, 2.05) is 55.5 Å². The van der Waals surface area contributed by atoms with Gasteiger partial charge in [0.05, 0.1) is 12.7 Å². The highest BCUT2D eigenvalue weighted by molar-refractivity contribution is 5.87. The van der Waals surface area contributed by atoms with Crippen molar-refractivity contribution < 1.29 is 9.26 Å². The van der Waals surface area contributed by atoms with Crippen LogP contribution in [0.3, 0.4) is 0 Å². The average Bonchev–Trinajstić information content (AvgIpc) is 2.89. The van der Waals surface area contributed by atoms with Crippen molar-refractivity contribution in [3.8, 4) is 28.2 Å². The zero-order valence-corrected chi connectivity index (χ0v) is 12.0. The van der Waals surface area contributed by atoms with Crippen LogP contribution < -0.4 is 10.5 Å². The zero-order chi connectivity index (χ0) is 14.8. The van der Waals surface area contributed by atoms with Crippen LogP contribution in [-0.4, -0.2) is 12.3 Å². The van der Waals surface area contributed by atoms with Gasteiger partial charge in [-0.2, -0.15) is 0 Å². The van der Waals surface area contributed by atoms with E-state index in [-0.39, 0.29) is 0 Å². The molecule has 0 aliphatic rings. The molecule has 0 aliphatic carbocycles. The number of ether oxygens (including phenoxy) is 1. The number of methoxy groups -OCH3 is 1. The fraction of sp³-hybridized carbons (Fsp3) is 0.118. The molecular weight excluding hydrogens is 264 g/mol. The molecule has 0 amide bonds. The van der Waals surface area contributed by atoms with Gasteiger partial charge in [0.2, 0.25) is 0 Å². The first-order chi connectivity index (χ1) is 10.2. The van der Waals surface area contributed by atoms with Crippen molar-refractivity contribution in [1.29, 1.82) is 0 Å². The van der Waals surface area contributed by atoms with Crippen LogP contribution in [-0.2, 0) is 0 Å². The number of benzene rings is 2. The summed E-state index contributed by atoms with van der Waals surface area (Å²) < 4.78 is 10.7. The molecule has 0 unspecified atom stereocenters. The number of hydrogen-bond donors (Lipinski definition) is 1. The number of hydrogen-bond acceptors (Lipinski definition) is 4. The summed E-state index contributed by atoms with van der Waals surface area (Å²) in [6, 6.07) is 15.7. The van der Waals surface area contributed by atoms with Crippen molar-refractivity contribution in [3.05, 3.63) is 54.1 Å². The summed E-state index contributed by atoms with van der Waals surface area (Å²) in [7, 11) is 1.64. The van der Waals surface area contributed by atoms with Gasteiger partial charge in [0.15, 0.2) is 11.6 Å². The molecule has 21 heavy (non-hydrogen) atoms. The van der Waals surface area contributed by atoms with Crippen LogP contribution in [0.2, 0.25) is 0 Å². The van der Waals surface area contributed by atoms with Gasteiger partial charge in [0.1, 0.15) is 5.75 Å². The zero-order valence-electron chi connectivity index (χ0n) is 12.0. The number of rotatable bonds is 3. The molecule has 0 fully saturated rings. The Labute approximate surface area is 123 Å². The van der Waals surface area contributed by atoms with Gasteiger partial charge < -0.3 is 15.0 Å². The van der Waals surface area contributed by atoms with Gasteiger partial charge in [0, 0.05) is 5.56 Å². The van der Waals surface area contributed by atoms with Gasteiger partial charge in [-0.05, 0) is 30.2 Å². The van der Waals surface area contributed by atoms with Crippen LogP contribution in [0.25, 0.3) is 22.5 Å². The number of aryl methyl sites for hydroxylation is 1. The Hall–Kier alpha value is -2.75. The monoisotopic (exact) mass is 280 g/mol. The number of nitrogens with two attached hydrogens (primary N) is 1. The largest absolute Gasteiger partial charge is 0.497 e. The smallest absolute Gasteiger partial charge is 0.177 e. The molecule has 0 saturated heterocycles. The van der Waals surface area contributed by atoms with Crippen LogP contribution in [0.1, 0.15) is 5.56 Å². The molecular formula is C17H16N2O2. The van der Waals surface area contributed by atoms with Gasteiger partial charge in [-0.1, -0.05) is 41.6 Å². The van der Waals surface area contributed by atoms with Crippen molar-refractivity contribution >= 4 is 5.82 Å². The summed E-state index contributed by atoms with van der Waals surface area (Å²) in [6.45, 7) is 2.03. The summed E-state index contributed by atoms with van der Waals surface area (Å²) in [5.74, 6) is 1.82. The van der Waals surface area contributed by atoms with Crippen molar-refractivity contribution in [2.75, 3.05) is 12.8 Å². The van der Waals surface area contributed by atoms with E-state index in [4.69, 9.17) is 15.0 Å². The maximum Gasteiger partial charge on any atom is 0.177 e. The molecule has 1 heterocycles. The van der Waals surface area contributed by atoms with Crippen LogP contribution >= 0.6 is 0 Å². The highest BCUT2D eigenvalue weighted by atomic mass is 16.5. The molecule has 0 bridgehead atoms. The maximum atomic E-state index is 6.01. The average molecular weight is 280 g/mol. The SMILES string of the molecule is COc1cccc(-c2c(N)noc2-c2ccccc2C)c1. The molecule has 0 saturated carbocycles. The van der Waals surface area contributed by atoms with E-state index >= 15 is 0 Å². The molecule has 4 heteroatoms. The molecule has 3 rings (SSSR count). The second kappa shape index (κ2) is 5.32. The first-order valence-corrected chi connectivity index (χ1v) is 6.66. The Morgan fingerprint density at radius 1 is 1.10 bits per heavy atom. The van der Waals surface area contributed by atoms with Crippen molar-refractivity contribution in [3.63, 3.8) is 0 Å². The minimum Gasteiger partial charge on any atom is -0.497 e. The highest BCUT2D eigenvalue weighted by Crippen LogP contribution is 2.38. The van der Waals surface area contributed by atoms with Crippen LogP contribution in [0.4, 0.5) is 5.82 Å². The van der Waals surface area contributed by atoms with E-state index < -0.39 is 0 Å². The summed E-state index contributed by atoms with van der Waals surface area (Å²) in [6.07, 6.45) is 0. The third-order valence-corrected chi connectivity index (χ3v) is 3.47. The van der Waals surface area contributed by atoms with Gasteiger partial charge in [-0.25, -0.2) is 0 Å². The number of aromatic nitrogens is 1. The molecule has 0 aliphatic heterocycles. The van der Waals surface area contributed by atoms with E-state index in [9.17, 15) is 0 Å². The lowest BCUT2D eigenvalue weighted by atomic mass is 9.98. The van der Waals surface area contributed by atoms with Crippen LogP contribution in [0, 0.1) is 6.92 Å². The Balaban J connectivity index is 2.20. The summed E-state index contributed by atoms with van der Waals surface area (Å²) in [5, 5.41) is 3.93. The fourth-order valence-electron chi connectivity index (χ4n) is 2.37. The quantitative estimate of drug-likeness (QED) is 0.790. The topological polar surface area (TPSA) is 61.3 Å². The normalized spacial score (nSPS) is 10.6. The van der Waals surface area contributed by atoms with Gasteiger partial charge in [-0.3, -0.25) is 0 Å². The molecule has 4 nitrogen and oxygen atoms in total. The van der Waals surface area contributed by atoms with E-state index in [0.717, 1.165) is 28.0 Å². The Bertz CT molecular complexity index is 778. The predicted octanol–water partition coefficient (Wildman–Crippen LogP) is 3.91. The summed E-state index contributed by atoms with van der Waals surface area (Å²) >= 11 is 0. The molecule has 2 aromatic carbocycles. The molecule has 1 aromatic heterocycles. The molecule has 2 N–H and O–H groups in total. The Kier molecular flexibility index (Phi) is 3.36. The number of nitrogen functional groups attached to an aromatic ring is 1. The van der Waals surface area contributed by atoms with Gasteiger partial charge in [-0.15, -0.1) is 0 Å². The lowest BCUT2D eigenvalue weighted by Gasteiger charge is -2.07. The standard InChI is InChI=1S/C17H16N2O2/c1-11-6-3-4-9-14(11)16-15(17(18)19-21-16)12-7-5-8-13(10-12)20-2/h3-10H,1-2H3,(H2,18,19). The van der Waals surface area contributed by atoms with Crippen molar-refractivity contribution in [1.82, 2.24) is 5.16 Å². The molecule has 0 atom stereocenters. The number of nitrogens with zero attached hydrogens (tertiary/aromatic N) is 1. The lowest BCUT2D eigenvalue weighted by Crippen LogP contribution is -1.90. The van der Waals surface area contributed by atoms with Gasteiger partial charge in [0.25, 0.3) is 0 Å². The molecule has 0 radical (unpaired) electrons. The van der Waals surface area contributed by atoms with Crippen LogP contribution in [0.5, 0.6) is 5.75 Å². The molecule has 106 valence electrons. The second-order valence-corrected chi connectivity index (χ2v) is 4.82. The number of anilines is 1. The third-order valence-electron chi connectivity index (χ3n) is 3.47. The summed E-state index contributed by atoms with van der Waals surface area (Å²) in [4.78, 5) is 0. The maximum absolute atomic E-state index is 6.01. The third kappa shape index (κ3) is 2.36. The predicted molar refractivity (Wildman–Crippen MR) is 83.1 cm³/mol. The second-order valence-electron chi connectivity index (χ2n) is 4.82. The minimum atomic E-state index is 0.376. The minimum absolute atomic E-state index is 0.376. The fourth-order valence-corrected chi connectivity index (χ4v) is 2.37.